The zero-order valence-electron chi connectivity index (χ0n) is 10.3. The second-order valence-electron chi connectivity index (χ2n) is 3.58. The third-order valence-electron chi connectivity index (χ3n) is 1.68. The van der Waals surface area contributed by atoms with Crippen LogP contribution in [0.25, 0.3) is 0 Å². The van der Waals surface area contributed by atoms with Crippen molar-refractivity contribution in [3.8, 4) is 0 Å². The van der Waals surface area contributed by atoms with E-state index in [1.54, 1.807) is 0 Å². The minimum Gasteiger partial charge on any atom is 1.00 e. The quantitative estimate of drug-likeness (QED) is 0.476. The van der Waals surface area contributed by atoms with Crippen LogP contribution in [0, 0.1) is 0 Å². The first-order valence-corrected chi connectivity index (χ1v) is 7.05. The molecule has 104 valence electrons. The Bertz CT molecular complexity index is 284. The largest absolute Gasteiger partial charge is 1.00 e. The third kappa shape index (κ3) is 21.2. The van der Waals surface area contributed by atoms with E-state index in [2.05, 4.69) is 36.3 Å². The molecule has 0 radical (unpaired) electrons. The monoisotopic (exact) mass is 283 g/mol. The smallest absolute Gasteiger partial charge is 1.00 e. The molecule has 0 aliphatic carbocycles. The molecule has 0 saturated heterocycles. The normalized spacial score (nSPS) is 19.1. The van der Waals surface area contributed by atoms with Crippen molar-refractivity contribution in [3.05, 3.63) is 24.4 Å². The number of unbranched alkanes of at least 4 members (excludes halogenated alkanes) is 1. The van der Waals surface area contributed by atoms with Gasteiger partial charge in [-0.05, 0) is 18.7 Å². The van der Waals surface area contributed by atoms with Crippen LogP contribution in [0.15, 0.2) is 24.4 Å². The molecule has 0 aromatic rings. The van der Waals surface area contributed by atoms with E-state index < -0.39 is 7.81 Å². The molecule has 1 aliphatic rings. The molecule has 0 N–H and O–H groups in total. The van der Waals surface area contributed by atoms with E-state index in [0.29, 0.717) is 0 Å². The summed E-state index contributed by atoms with van der Waals surface area (Å²) in [4.78, 5) is 2.34. The zero-order valence-corrected chi connectivity index (χ0v) is 10.2. The SMILES string of the molecule is CCCCN1C=CC=CC1.F[P-](F)(F)(F)(F)F.[H+]. The van der Waals surface area contributed by atoms with Crippen LogP contribution in [0.3, 0.4) is 0 Å². The van der Waals surface area contributed by atoms with E-state index in [-0.39, 0.29) is 1.43 Å². The number of rotatable bonds is 3. The van der Waals surface area contributed by atoms with Gasteiger partial charge in [-0.2, -0.15) is 0 Å². The maximum atomic E-state index is 9.87. The van der Waals surface area contributed by atoms with Gasteiger partial charge in [-0.15, -0.1) is 0 Å². The Hall–Kier alpha value is -0.710. The number of nitrogens with zero attached hydrogens (tertiary/aromatic N) is 1. The predicted octanol–water partition coefficient (Wildman–Crippen LogP) is 5.67. The van der Waals surface area contributed by atoms with Gasteiger partial charge in [0, 0.05) is 13.1 Å². The van der Waals surface area contributed by atoms with Gasteiger partial charge in [-0.25, -0.2) is 0 Å². The topological polar surface area (TPSA) is 3.24 Å². The van der Waals surface area contributed by atoms with Gasteiger partial charge in [-0.1, -0.05) is 25.5 Å². The third-order valence-corrected chi connectivity index (χ3v) is 1.68. The molecular formula is C9H16F6NP. The van der Waals surface area contributed by atoms with Crippen LogP contribution in [-0.2, 0) is 0 Å². The number of halogens is 6. The minimum absolute atomic E-state index is 0. The molecule has 0 atom stereocenters. The molecule has 0 bridgehead atoms. The summed E-state index contributed by atoms with van der Waals surface area (Å²) < 4.78 is 59.2. The molecular weight excluding hydrogens is 267 g/mol. The maximum Gasteiger partial charge on any atom is 1.00 e. The molecule has 0 unspecified atom stereocenters. The second-order valence-corrected chi connectivity index (χ2v) is 5.49. The van der Waals surface area contributed by atoms with Crippen molar-refractivity contribution in [1.82, 2.24) is 4.90 Å². The van der Waals surface area contributed by atoms with Crippen molar-refractivity contribution in [2.75, 3.05) is 13.1 Å². The van der Waals surface area contributed by atoms with Gasteiger partial charge in [-0.3, -0.25) is 0 Å². The maximum absolute atomic E-state index is 10.7. The fourth-order valence-electron chi connectivity index (χ4n) is 1.03. The average molecular weight is 283 g/mol. The van der Waals surface area contributed by atoms with E-state index in [4.69, 9.17) is 0 Å². The standard InChI is InChI=1S/C9H15N.F6P/c1-2-3-7-10-8-5-4-6-9-10;1-7(2,3,4,5)6/h4-6,8H,2-3,7,9H2,1H3;/q;-1/p+1. The average Bonchev–Trinajstić information content (AvgIpc) is 2.11. The molecule has 17 heavy (non-hydrogen) atoms. The van der Waals surface area contributed by atoms with Gasteiger partial charge < -0.3 is 4.90 Å². The Balaban J connectivity index is 0. The van der Waals surface area contributed by atoms with Gasteiger partial charge in [0.1, 0.15) is 0 Å². The number of allylic oxidation sites excluding steroid dienone is 2. The molecule has 1 nitrogen and oxygen atoms in total. The van der Waals surface area contributed by atoms with Gasteiger partial charge in [0.2, 0.25) is 0 Å². The first-order valence-electron chi connectivity index (χ1n) is 5.02. The second kappa shape index (κ2) is 4.88. The molecule has 1 rings (SSSR count). The van der Waals surface area contributed by atoms with Crippen LogP contribution < -0.4 is 0 Å². The minimum atomic E-state index is -10.7. The van der Waals surface area contributed by atoms with Crippen molar-refractivity contribution in [3.63, 3.8) is 0 Å². The Morgan fingerprint density at radius 2 is 1.65 bits per heavy atom. The van der Waals surface area contributed by atoms with E-state index in [9.17, 15) is 25.2 Å². The van der Waals surface area contributed by atoms with E-state index in [0.717, 1.165) is 6.54 Å². The summed E-state index contributed by atoms with van der Waals surface area (Å²) in [5.74, 6) is 0. The van der Waals surface area contributed by atoms with Crippen molar-refractivity contribution >= 4 is 7.81 Å². The Labute approximate surface area is 97.5 Å². The fourth-order valence-corrected chi connectivity index (χ4v) is 1.03. The van der Waals surface area contributed by atoms with E-state index in [1.807, 2.05) is 0 Å². The first-order chi connectivity index (χ1) is 7.38. The molecule has 0 saturated carbocycles. The van der Waals surface area contributed by atoms with Crippen LogP contribution in [-0.4, -0.2) is 18.0 Å². The molecule has 0 fully saturated rings. The van der Waals surface area contributed by atoms with Crippen LogP contribution >= 0.6 is 7.81 Å². The van der Waals surface area contributed by atoms with Crippen molar-refractivity contribution < 1.29 is 26.6 Å². The number of hydrogen-bond donors (Lipinski definition) is 0. The van der Waals surface area contributed by atoms with Gasteiger partial charge in [0.05, 0.1) is 0 Å². The van der Waals surface area contributed by atoms with Crippen molar-refractivity contribution in [1.29, 1.82) is 0 Å². The van der Waals surface area contributed by atoms with Crippen LogP contribution in [0.5, 0.6) is 0 Å². The van der Waals surface area contributed by atoms with Crippen molar-refractivity contribution in [2.24, 2.45) is 0 Å². The van der Waals surface area contributed by atoms with Gasteiger partial charge >= 0.3 is 34.4 Å². The Morgan fingerprint density at radius 1 is 1.12 bits per heavy atom. The van der Waals surface area contributed by atoms with Crippen LogP contribution in [0.1, 0.15) is 21.2 Å². The van der Waals surface area contributed by atoms with Crippen LogP contribution in [0.4, 0.5) is 25.2 Å². The zero-order chi connectivity index (χ0) is 13.6. The van der Waals surface area contributed by atoms with Crippen molar-refractivity contribution in [2.45, 2.75) is 19.8 Å². The van der Waals surface area contributed by atoms with E-state index in [1.165, 1.54) is 19.4 Å². The predicted molar refractivity (Wildman–Crippen MR) is 59.4 cm³/mol. The summed E-state index contributed by atoms with van der Waals surface area (Å²) in [5.41, 5.74) is 0. The van der Waals surface area contributed by atoms with E-state index >= 15 is 0 Å². The molecule has 0 spiro atoms. The van der Waals surface area contributed by atoms with Gasteiger partial charge in [0.15, 0.2) is 0 Å². The van der Waals surface area contributed by atoms with Crippen LogP contribution in [0.2, 0.25) is 0 Å². The molecule has 1 aliphatic heterocycles. The molecule has 1 heterocycles. The first kappa shape index (κ1) is 16.3. The molecule has 0 amide bonds. The molecule has 0 aromatic carbocycles. The van der Waals surface area contributed by atoms with Gasteiger partial charge in [0.25, 0.3) is 0 Å². The Morgan fingerprint density at radius 3 is 2.00 bits per heavy atom. The summed E-state index contributed by atoms with van der Waals surface area (Å²) in [7, 11) is -10.7. The summed E-state index contributed by atoms with van der Waals surface area (Å²) in [6, 6.07) is 0. The summed E-state index contributed by atoms with van der Waals surface area (Å²) in [6.07, 6.45) is 11.1. The molecule has 0 aromatic heterocycles. The summed E-state index contributed by atoms with van der Waals surface area (Å²) in [5, 5.41) is 0. The Kier molecular flexibility index (Phi) is 4.68. The number of hydrogen-bond acceptors (Lipinski definition) is 1. The summed E-state index contributed by atoms with van der Waals surface area (Å²) >= 11 is 0. The summed E-state index contributed by atoms with van der Waals surface area (Å²) in [6.45, 7) is 4.53. The molecule has 8 heteroatoms. The fraction of sp³-hybridized carbons (Fsp3) is 0.556.